The minimum atomic E-state index is -6.09. The molecule has 0 amide bonds. The third kappa shape index (κ3) is 10.2. The fourth-order valence-corrected chi connectivity index (χ4v) is 4.24. The minimum absolute atomic E-state index is 0.0471. The summed E-state index contributed by atoms with van der Waals surface area (Å²) in [7, 11) is -6.09. The molecule has 0 atom stereocenters. The van der Waals surface area contributed by atoms with Crippen molar-refractivity contribution in [3.8, 4) is 0 Å². The van der Waals surface area contributed by atoms with Gasteiger partial charge in [0.05, 0.1) is 6.04 Å². The second-order valence-corrected chi connectivity index (χ2v) is 8.34. The van der Waals surface area contributed by atoms with Crippen LogP contribution in [-0.2, 0) is 27.7 Å². The largest absolute Gasteiger partial charge is 0.705 e. The molecule has 176 valence electrons. The smallest absolute Gasteiger partial charge is 0.448 e. The van der Waals surface area contributed by atoms with Crippen LogP contribution in [0.4, 0.5) is 39.5 Å². The van der Waals surface area contributed by atoms with E-state index in [4.69, 9.17) is 0 Å². The second-order valence-electron chi connectivity index (χ2n) is 5.86. The average Bonchev–Trinajstić information content (AvgIpc) is 2.55. The van der Waals surface area contributed by atoms with Gasteiger partial charge in [-0.05, 0) is 6.42 Å². The number of unbranched alkanes of at least 4 members (excludes halogenated alkanes) is 5. The van der Waals surface area contributed by atoms with E-state index in [9.17, 15) is 53.9 Å². The van der Waals surface area contributed by atoms with Crippen molar-refractivity contribution in [1.29, 1.82) is 0 Å². The van der Waals surface area contributed by atoms with Gasteiger partial charge in [-0.1, -0.05) is 39.0 Å². The molecule has 0 fully saturated rings. The van der Waals surface area contributed by atoms with Crippen molar-refractivity contribution in [3.63, 3.8) is 0 Å². The Morgan fingerprint density at radius 1 is 0.600 bits per heavy atom. The number of hydrogen-bond donors (Lipinski definition) is 0. The molecule has 0 saturated carbocycles. The lowest BCUT2D eigenvalue weighted by Gasteiger charge is -2.28. The summed E-state index contributed by atoms with van der Waals surface area (Å²) in [5.74, 6) is -9.82. The molecule has 30 heavy (non-hydrogen) atoms. The van der Waals surface area contributed by atoms with Crippen molar-refractivity contribution in [2.24, 2.45) is 0 Å². The fourth-order valence-electron chi connectivity index (χ4n) is 1.93. The summed E-state index contributed by atoms with van der Waals surface area (Å²) in [6, 6.07) is -1.26. The van der Waals surface area contributed by atoms with Crippen LogP contribution in [0.3, 0.4) is 0 Å². The molecule has 0 aliphatic rings. The summed E-state index contributed by atoms with van der Waals surface area (Å²) in [6.45, 7) is 1.84. The Morgan fingerprint density at radius 3 is 1.20 bits per heavy atom. The van der Waals surface area contributed by atoms with Crippen LogP contribution in [-0.4, -0.2) is 45.2 Å². The van der Waals surface area contributed by atoms with E-state index in [1.807, 2.05) is 6.92 Å². The third-order valence-corrected chi connectivity index (χ3v) is 5.73. The summed E-state index contributed by atoms with van der Waals surface area (Å²) in [5, 5.41) is 0. The number of alkyl halides is 9. The van der Waals surface area contributed by atoms with Gasteiger partial charge in [-0.15, -0.1) is 0 Å². The molecular formula is C14H17F9O6Si. The first-order valence-electron chi connectivity index (χ1n) is 8.35. The third-order valence-electron chi connectivity index (χ3n) is 3.28. The number of rotatable bonds is 10. The summed E-state index contributed by atoms with van der Waals surface area (Å²) >= 11 is 0. The molecule has 0 bridgehead atoms. The Labute approximate surface area is 165 Å². The van der Waals surface area contributed by atoms with E-state index in [-0.39, 0.29) is 6.42 Å². The van der Waals surface area contributed by atoms with Crippen LogP contribution in [0.2, 0.25) is 6.04 Å². The summed E-state index contributed by atoms with van der Waals surface area (Å²) < 4.78 is 123. The number of carbonyl (C=O) groups excluding carboxylic acids is 3. The van der Waals surface area contributed by atoms with E-state index in [0.29, 0.717) is 12.8 Å². The first-order chi connectivity index (χ1) is 13.4. The first kappa shape index (κ1) is 28.0. The molecule has 0 N–H and O–H groups in total. The highest BCUT2D eigenvalue weighted by atomic mass is 28.4. The van der Waals surface area contributed by atoms with Gasteiger partial charge in [0.15, 0.2) is 0 Å². The lowest BCUT2D eigenvalue weighted by molar-refractivity contribution is -0.209. The normalized spacial score (nSPS) is 13.0. The summed E-state index contributed by atoms with van der Waals surface area (Å²) in [4.78, 5) is 33.2. The Balaban J connectivity index is 5.82. The monoisotopic (exact) mass is 480 g/mol. The van der Waals surface area contributed by atoms with Gasteiger partial charge in [-0.25, -0.2) is 14.4 Å². The summed E-state index contributed by atoms with van der Waals surface area (Å²) in [6.07, 6.45) is -15.6. The second kappa shape index (κ2) is 10.9. The van der Waals surface area contributed by atoms with Crippen LogP contribution in [0.25, 0.3) is 0 Å². The number of carbonyl (C=O) groups is 3. The van der Waals surface area contributed by atoms with Crippen molar-refractivity contribution < 1.29 is 67.2 Å². The highest BCUT2D eigenvalue weighted by Crippen LogP contribution is 2.31. The van der Waals surface area contributed by atoms with Crippen molar-refractivity contribution >= 4 is 26.7 Å². The van der Waals surface area contributed by atoms with Crippen LogP contribution < -0.4 is 0 Å². The van der Waals surface area contributed by atoms with E-state index in [0.717, 1.165) is 12.8 Å². The summed E-state index contributed by atoms with van der Waals surface area (Å²) in [5.41, 5.74) is 0. The first-order valence-corrected chi connectivity index (χ1v) is 10.3. The van der Waals surface area contributed by atoms with E-state index >= 15 is 0 Å². The molecular weight excluding hydrogens is 463 g/mol. The highest BCUT2D eigenvalue weighted by Gasteiger charge is 2.62. The zero-order chi connectivity index (χ0) is 23.8. The Bertz CT molecular complexity index is 531. The van der Waals surface area contributed by atoms with Crippen molar-refractivity contribution in [2.45, 2.75) is 70.0 Å². The molecule has 0 radical (unpaired) electrons. The van der Waals surface area contributed by atoms with Crippen LogP contribution in [0.1, 0.15) is 45.4 Å². The molecule has 0 unspecified atom stereocenters. The molecule has 0 aliphatic heterocycles. The molecule has 16 heteroatoms. The van der Waals surface area contributed by atoms with Gasteiger partial charge in [-0.2, -0.15) is 39.5 Å². The molecule has 0 rings (SSSR count). The Hall–Kier alpha value is -2.00. The van der Waals surface area contributed by atoms with Crippen molar-refractivity contribution in [2.75, 3.05) is 0 Å². The molecule has 0 aliphatic carbocycles. The molecule has 0 aromatic heterocycles. The van der Waals surface area contributed by atoms with E-state index < -0.39 is 57.7 Å². The Kier molecular flexibility index (Phi) is 10.1. The van der Waals surface area contributed by atoms with Gasteiger partial charge in [0, 0.05) is 0 Å². The van der Waals surface area contributed by atoms with E-state index in [2.05, 4.69) is 13.3 Å². The molecule has 0 spiro atoms. The maximum atomic E-state index is 12.5. The maximum Gasteiger partial charge on any atom is 0.705 e. The predicted molar refractivity (Wildman–Crippen MR) is 80.4 cm³/mol. The topological polar surface area (TPSA) is 78.9 Å². The maximum absolute atomic E-state index is 12.5. The van der Waals surface area contributed by atoms with Gasteiger partial charge in [-0.3, -0.25) is 0 Å². The van der Waals surface area contributed by atoms with E-state index in [1.54, 1.807) is 0 Å². The zero-order valence-electron chi connectivity index (χ0n) is 15.3. The zero-order valence-corrected chi connectivity index (χ0v) is 16.3. The number of halogens is 9. The molecule has 0 heterocycles. The lowest BCUT2D eigenvalue weighted by Crippen LogP contribution is -2.55. The molecule has 6 nitrogen and oxygen atoms in total. The standard InChI is InChI=1S/C14H17F9O6Si/c1-2-3-4-5-6-7-8-30(27-9(24)12(15,16)17,28-10(25)13(18,19)20)29-11(26)14(21,22)23/h2-8H2,1H3. The lowest BCUT2D eigenvalue weighted by atomic mass is 10.1. The van der Waals surface area contributed by atoms with E-state index in [1.165, 1.54) is 0 Å². The van der Waals surface area contributed by atoms with Crippen LogP contribution in [0.15, 0.2) is 0 Å². The van der Waals surface area contributed by atoms with Crippen LogP contribution in [0, 0.1) is 0 Å². The highest BCUT2D eigenvalue weighted by molar-refractivity contribution is 6.65. The Morgan fingerprint density at radius 2 is 0.900 bits per heavy atom. The van der Waals surface area contributed by atoms with Gasteiger partial charge in [0.1, 0.15) is 0 Å². The quantitative estimate of drug-likeness (QED) is 0.258. The average molecular weight is 480 g/mol. The molecule has 0 aromatic carbocycles. The van der Waals surface area contributed by atoms with Crippen molar-refractivity contribution in [1.82, 2.24) is 0 Å². The van der Waals surface area contributed by atoms with Crippen LogP contribution in [0.5, 0.6) is 0 Å². The van der Waals surface area contributed by atoms with Gasteiger partial charge in [0.2, 0.25) is 0 Å². The van der Waals surface area contributed by atoms with Crippen molar-refractivity contribution in [3.05, 3.63) is 0 Å². The predicted octanol–water partition coefficient (Wildman–Crippen LogP) is 4.60. The SMILES string of the molecule is CCCCCCCC[Si](OC(=O)C(F)(F)F)(OC(=O)C(F)(F)F)OC(=O)C(F)(F)F. The molecule has 0 saturated heterocycles. The van der Waals surface area contributed by atoms with Gasteiger partial charge >= 0.3 is 45.2 Å². The van der Waals surface area contributed by atoms with Gasteiger partial charge < -0.3 is 13.3 Å². The van der Waals surface area contributed by atoms with Crippen LogP contribution >= 0.6 is 0 Å². The fraction of sp³-hybridized carbons (Fsp3) is 0.786. The van der Waals surface area contributed by atoms with Gasteiger partial charge in [0.25, 0.3) is 0 Å². The number of hydrogen-bond acceptors (Lipinski definition) is 6. The minimum Gasteiger partial charge on any atom is -0.448 e. The molecule has 0 aromatic rings.